The van der Waals surface area contributed by atoms with Gasteiger partial charge in [0.1, 0.15) is 17.5 Å². The highest BCUT2D eigenvalue weighted by atomic mass is 35.5. The number of β-lactam (4-membered cyclic amide) rings is 1. The number of hydrogen-bond acceptors (Lipinski definition) is 5. The molecule has 160 valence electrons. The van der Waals surface area contributed by atoms with E-state index in [1.807, 2.05) is 36.4 Å². The van der Waals surface area contributed by atoms with Crippen molar-refractivity contribution in [3.8, 4) is 23.0 Å². The minimum Gasteiger partial charge on any atom is -0.497 e. The summed E-state index contributed by atoms with van der Waals surface area (Å²) in [6.45, 7) is 0. The van der Waals surface area contributed by atoms with Crippen LogP contribution in [0.4, 0.5) is 5.69 Å². The van der Waals surface area contributed by atoms with E-state index in [4.69, 9.17) is 30.5 Å². The van der Waals surface area contributed by atoms with Crippen molar-refractivity contribution in [2.24, 2.45) is 0 Å². The van der Waals surface area contributed by atoms with Crippen molar-refractivity contribution in [2.45, 2.75) is 12.1 Å². The second-order valence-corrected chi connectivity index (χ2v) is 7.34. The average molecular weight is 440 g/mol. The van der Waals surface area contributed by atoms with Crippen LogP contribution in [0.3, 0.4) is 0 Å². The summed E-state index contributed by atoms with van der Waals surface area (Å²) in [5.74, 6) is 2.28. The molecule has 0 saturated carbocycles. The smallest absolute Gasteiger partial charge is 0.271 e. The van der Waals surface area contributed by atoms with E-state index in [0.717, 1.165) is 5.56 Å². The van der Waals surface area contributed by atoms with Gasteiger partial charge < -0.3 is 18.9 Å². The summed E-state index contributed by atoms with van der Waals surface area (Å²) in [5.41, 5.74) is 1.47. The molecule has 2 atom stereocenters. The third-order valence-electron chi connectivity index (χ3n) is 5.23. The molecule has 4 rings (SSSR count). The lowest BCUT2D eigenvalue weighted by Crippen LogP contribution is -2.61. The Morgan fingerprint density at radius 1 is 0.806 bits per heavy atom. The van der Waals surface area contributed by atoms with Gasteiger partial charge in [-0.05, 0) is 54.1 Å². The van der Waals surface area contributed by atoms with Crippen LogP contribution in [-0.4, -0.2) is 33.3 Å². The first-order valence-corrected chi connectivity index (χ1v) is 10.1. The Morgan fingerprint density at radius 3 is 2.13 bits per heavy atom. The average Bonchev–Trinajstić information content (AvgIpc) is 2.81. The largest absolute Gasteiger partial charge is 0.497 e. The number of amides is 1. The number of nitrogens with zero attached hydrogens (tertiary/aromatic N) is 1. The lowest BCUT2D eigenvalue weighted by molar-refractivity contribution is -0.135. The van der Waals surface area contributed by atoms with Gasteiger partial charge in [0.15, 0.2) is 11.5 Å². The van der Waals surface area contributed by atoms with Crippen molar-refractivity contribution in [3.63, 3.8) is 0 Å². The van der Waals surface area contributed by atoms with Gasteiger partial charge in [-0.1, -0.05) is 29.8 Å². The first-order valence-electron chi connectivity index (χ1n) is 9.67. The molecule has 31 heavy (non-hydrogen) atoms. The first-order chi connectivity index (χ1) is 15.1. The van der Waals surface area contributed by atoms with E-state index in [2.05, 4.69) is 0 Å². The standard InChI is InChI=1S/C24H22ClNO5/c1-28-16-9-11-17(12-10-16)31-23-22(15-8-13-20(29-2)21(14-15)30-3)26(24(23)27)19-7-5-4-6-18(19)25/h4-14,22-23H,1-3H3/t22-,23+/m0/s1. The van der Waals surface area contributed by atoms with Gasteiger partial charge in [-0.2, -0.15) is 0 Å². The molecule has 7 heteroatoms. The SMILES string of the molecule is COc1ccc(O[C@H]2C(=O)N(c3ccccc3Cl)[C@H]2c2ccc(OC)c(OC)c2)cc1. The van der Waals surface area contributed by atoms with Gasteiger partial charge in [-0.15, -0.1) is 0 Å². The third kappa shape index (κ3) is 3.86. The van der Waals surface area contributed by atoms with Crippen LogP contribution in [0.25, 0.3) is 0 Å². The fourth-order valence-corrected chi connectivity index (χ4v) is 3.88. The number of carbonyl (C=O) groups is 1. The maximum absolute atomic E-state index is 13.2. The van der Waals surface area contributed by atoms with E-state index < -0.39 is 12.1 Å². The van der Waals surface area contributed by atoms with Gasteiger partial charge in [0.2, 0.25) is 6.10 Å². The fraction of sp³-hybridized carbons (Fsp3) is 0.208. The van der Waals surface area contributed by atoms with Gasteiger partial charge in [0.25, 0.3) is 5.91 Å². The van der Waals surface area contributed by atoms with Gasteiger partial charge in [-0.3, -0.25) is 9.69 Å². The normalized spacial score (nSPS) is 17.7. The molecule has 0 bridgehead atoms. The highest BCUT2D eigenvalue weighted by Gasteiger charge is 2.51. The molecule has 0 radical (unpaired) electrons. The summed E-state index contributed by atoms with van der Waals surface area (Å²) in [6, 6.07) is 19.5. The minimum absolute atomic E-state index is 0.177. The highest BCUT2D eigenvalue weighted by Crippen LogP contribution is 2.45. The number of hydrogen-bond donors (Lipinski definition) is 0. The molecule has 1 heterocycles. The number of anilines is 1. The zero-order valence-electron chi connectivity index (χ0n) is 17.4. The van der Waals surface area contributed by atoms with Crippen LogP contribution in [0.2, 0.25) is 5.02 Å². The number of para-hydroxylation sites is 1. The molecule has 0 unspecified atom stereocenters. The Labute approximate surface area is 185 Å². The summed E-state index contributed by atoms with van der Waals surface area (Å²) in [6.07, 6.45) is -0.720. The van der Waals surface area contributed by atoms with Crippen molar-refractivity contribution in [3.05, 3.63) is 77.3 Å². The number of halogens is 1. The molecular weight excluding hydrogens is 418 g/mol. The van der Waals surface area contributed by atoms with E-state index in [1.165, 1.54) is 0 Å². The second-order valence-electron chi connectivity index (χ2n) is 6.93. The molecule has 1 aliphatic rings. The quantitative estimate of drug-likeness (QED) is 0.490. The Hall–Kier alpha value is -3.38. The number of carbonyl (C=O) groups excluding carboxylic acids is 1. The van der Waals surface area contributed by atoms with Crippen molar-refractivity contribution in [1.82, 2.24) is 0 Å². The van der Waals surface area contributed by atoms with Crippen molar-refractivity contribution < 1.29 is 23.7 Å². The molecule has 0 aliphatic carbocycles. The number of ether oxygens (including phenoxy) is 4. The van der Waals surface area contributed by atoms with Crippen LogP contribution >= 0.6 is 11.6 Å². The topological polar surface area (TPSA) is 57.2 Å². The summed E-state index contributed by atoms with van der Waals surface area (Å²) in [7, 11) is 4.75. The molecule has 6 nitrogen and oxygen atoms in total. The van der Waals surface area contributed by atoms with E-state index >= 15 is 0 Å². The Kier molecular flexibility index (Phi) is 5.91. The van der Waals surface area contributed by atoms with Crippen LogP contribution in [-0.2, 0) is 4.79 Å². The molecule has 0 N–H and O–H groups in total. The minimum atomic E-state index is -0.720. The molecule has 1 saturated heterocycles. The molecular formula is C24H22ClNO5. The van der Waals surface area contributed by atoms with Crippen LogP contribution < -0.4 is 23.8 Å². The summed E-state index contributed by atoms with van der Waals surface area (Å²) in [5, 5.41) is 0.490. The lowest BCUT2D eigenvalue weighted by Gasteiger charge is -2.47. The van der Waals surface area contributed by atoms with Gasteiger partial charge in [-0.25, -0.2) is 0 Å². The number of benzene rings is 3. The second kappa shape index (κ2) is 8.78. The van der Waals surface area contributed by atoms with Gasteiger partial charge in [0.05, 0.1) is 32.0 Å². The number of methoxy groups -OCH3 is 3. The monoisotopic (exact) mass is 439 g/mol. The van der Waals surface area contributed by atoms with Crippen LogP contribution in [0.15, 0.2) is 66.7 Å². The molecule has 0 aromatic heterocycles. The Bertz CT molecular complexity index is 1090. The van der Waals surface area contributed by atoms with E-state index in [1.54, 1.807) is 56.6 Å². The van der Waals surface area contributed by atoms with Crippen molar-refractivity contribution in [2.75, 3.05) is 26.2 Å². The Balaban J connectivity index is 1.72. The van der Waals surface area contributed by atoms with E-state index in [9.17, 15) is 4.79 Å². The van der Waals surface area contributed by atoms with Crippen molar-refractivity contribution >= 4 is 23.2 Å². The van der Waals surface area contributed by atoms with E-state index in [-0.39, 0.29) is 5.91 Å². The lowest BCUT2D eigenvalue weighted by atomic mass is 9.89. The predicted octanol–water partition coefficient (Wildman–Crippen LogP) is 4.90. The molecule has 1 amide bonds. The predicted molar refractivity (Wildman–Crippen MR) is 119 cm³/mol. The zero-order chi connectivity index (χ0) is 22.0. The summed E-state index contributed by atoms with van der Waals surface area (Å²) >= 11 is 6.40. The molecule has 1 fully saturated rings. The molecule has 1 aliphatic heterocycles. The fourth-order valence-electron chi connectivity index (χ4n) is 3.65. The van der Waals surface area contributed by atoms with Crippen LogP contribution in [0.1, 0.15) is 11.6 Å². The maximum atomic E-state index is 13.2. The Morgan fingerprint density at radius 2 is 1.48 bits per heavy atom. The van der Waals surface area contributed by atoms with E-state index in [0.29, 0.717) is 33.7 Å². The maximum Gasteiger partial charge on any atom is 0.271 e. The van der Waals surface area contributed by atoms with Crippen LogP contribution in [0, 0.1) is 0 Å². The molecule has 3 aromatic rings. The number of rotatable bonds is 7. The van der Waals surface area contributed by atoms with Gasteiger partial charge >= 0.3 is 0 Å². The van der Waals surface area contributed by atoms with Crippen LogP contribution in [0.5, 0.6) is 23.0 Å². The van der Waals surface area contributed by atoms with Gasteiger partial charge in [0, 0.05) is 0 Å². The summed E-state index contributed by atoms with van der Waals surface area (Å²) < 4.78 is 22.1. The zero-order valence-corrected chi connectivity index (χ0v) is 18.1. The molecule has 0 spiro atoms. The summed E-state index contributed by atoms with van der Waals surface area (Å²) in [4.78, 5) is 14.8. The highest BCUT2D eigenvalue weighted by molar-refractivity contribution is 6.34. The third-order valence-corrected chi connectivity index (χ3v) is 5.55. The van der Waals surface area contributed by atoms with Crippen molar-refractivity contribution in [1.29, 1.82) is 0 Å². The first kappa shape index (κ1) is 20.9. The molecule has 3 aromatic carbocycles.